The highest BCUT2D eigenvalue weighted by Crippen LogP contribution is 2.32. The normalized spacial score (nSPS) is 24.3. The monoisotopic (exact) mass is 241 g/mol. The number of carbonyl (C=O) groups excluding carboxylic acids is 2. The molecule has 4 nitrogen and oxygen atoms in total. The standard InChI is InChI=1S/C13H23NO3/c1-12(2,3)17-11(16)14-10(9-15)7-6-8-13(14,4)5/h9-10H,6-8H2,1-5H3/t10-/m1/s1. The summed E-state index contributed by atoms with van der Waals surface area (Å²) in [5.41, 5.74) is -0.843. The van der Waals surface area contributed by atoms with E-state index in [0.717, 1.165) is 25.5 Å². The lowest BCUT2D eigenvalue weighted by Crippen LogP contribution is -2.57. The number of hydrogen-bond acceptors (Lipinski definition) is 3. The van der Waals surface area contributed by atoms with Crippen LogP contribution in [0.5, 0.6) is 0 Å². The first-order valence-electron chi connectivity index (χ1n) is 6.15. The zero-order valence-electron chi connectivity index (χ0n) is 11.4. The molecule has 0 radical (unpaired) electrons. The third kappa shape index (κ3) is 3.45. The molecule has 17 heavy (non-hydrogen) atoms. The molecule has 1 saturated heterocycles. The van der Waals surface area contributed by atoms with Gasteiger partial charge < -0.3 is 9.53 Å². The van der Waals surface area contributed by atoms with Crippen molar-refractivity contribution in [3.05, 3.63) is 0 Å². The van der Waals surface area contributed by atoms with Crippen molar-refractivity contribution in [1.29, 1.82) is 0 Å². The maximum atomic E-state index is 12.1. The van der Waals surface area contributed by atoms with Crippen molar-refractivity contribution < 1.29 is 14.3 Å². The van der Waals surface area contributed by atoms with Crippen molar-refractivity contribution in [2.24, 2.45) is 0 Å². The molecule has 0 aromatic rings. The number of carbonyl (C=O) groups is 2. The third-order valence-electron chi connectivity index (χ3n) is 3.02. The Kier molecular flexibility index (Phi) is 3.84. The lowest BCUT2D eigenvalue weighted by molar-refractivity contribution is -0.116. The number of piperidine rings is 1. The van der Waals surface area contributed by atoms with Gasteiger partial charge in [0, 0.05) is 5.54 Å². The topological polar surface area (TPSA) is 46.6 Å². The lowest BCUT2D eigenvalue weighted by Gasteiger charge is -2.45. The summed E-state index contributed by atoms with van der Waals surface area (Å²) >= 11 is 0. The molecule has 0 aromatic heterocycles. The van der Waals surface area contributed by atoms with Gasteiger partial charge in [-0.05, 0) is 53.9 Å². The first kappa shape index (κ1) is 14.0. The van der Waals surface area contributed by atoms with Crippen LogP contribution in [0.3, 0.4) is 0 Å². The van der Waals surface area contributed by atoms with E-state index in [0.29, 0.717) is 0 Å². The predicted octanol–water partition coefficient (Wildman–Crippen LogP) is 2.75. The number of amides is 1. The SMILES string of the molecule is CC(C)(C)OC(=O)N1[C@@H](C=O)CCCC1(C)C. The van der Waals surface area contributed by atoms with Gasteiger partial charge in [0.25, 0.3) is 0 Å². The van der Waals surface area contributed by atoms with Crippen molar-refractivity contribution in [3.63, 3.8) is 0 Å². The number of aldehydes is 1. The molecule has 1 atom stereocenters. The third-order valence-corrected chi connectivity index (χ3v) is 3.02. The number of hydrogen-bond donors (Lipinski definition) is 0. The number of rotatable bonds is 1. The molecule has 0 spiro atoms. The van der Waals surface area contributed by atoms with Gasteiger partial charge in [0.15, 0.2) is 0 Å². The summed E-state index contributed by atoms with van der Waals surface area (Å²) in [5.74, 6) is 0. The van der Waals surface area contributed by atoms with E-state index in [9.17, 15) is 9.59 Å². The number of likely N-dealkylation sites (tertiary alicyclic amines) is 1. The first-order valence-corrected chi connectivity index (χ1v) is 6.15. The fourth-order valence-electron chi connectivity index (χ4n) is 2.26. The minimum atomic E-state index is -0.530. The van der Waals surface area contributed by atoms with Crippen LogP contribution in [-0.4, -0.2) is 34.5 Å². The van der Waals surface area contributed by atoms with E-state index >= 15 is 0 Å². The fourth-order valence-corrected chi connectivity index (χ4v) is 2.26. The van der Waals surface area contributed by atoms with Crippen LogP contribution in [-0.2, 0) is 9.53 Å². The highest BCUT2D eigenvalue weighted by atomic mass is 16.6. The minimum Gasteiger partial charge on any atom is -0.444 e. The Morgan fingerprint density at radius 3 is 2.47 bits per heavy atom. The molecule has 1 fully saturated rings. The number of ether oxygens (including phenoxy) is 1. The first-order chi connectivity index (χ1) is 7.67. The Morgan fingerprint density at radius 1 is 1.41 bits per heavy atom. The Hall–Kier alpha value is -1.06. The second-order valence-corrected chi connectivity index (χ2v) is 6.26. The second kappa shape index (κ2) is 4.67. The van der Waals surface area contributed by atoms with Gasteiger partial charge in [0.2, 0.25) is 0 Å². The summed E-state index contributed by atoms with van der Waals surface area (Å²) in [6.45, 7) is 9.45. The molecule has 0 aliphatic carbocycles. The molecule has 1 amide bonds. The average molecular weight is 241 g/mol. The lowest BCUT2D eigenvalue weighted by atomic mass is 9.87. The molecule has 1 heterocycles. The second-order valence-electron chi connectivity index (χ2n) is 6.26. The van der Waals surface area contributed by atoms with Crippen molar-refractivity contribution in [2.75, 3.05) is 0 Å². The van der Waals surface area contributed by atoms with Gasteiger partial charge in [-0.25, -0.2) is 4.79 Å². The van der Waals surface area contributed by atoms with E-state index in [4.69, 9.17) is 4.74 Å². The van der Waals surface area contributed by atoms with Gasteiger partial charge in [-0.2, -0.15) is 0 Å². The summed E-state index contributed by atoms with van der Waals surface area (Å²) in [5, 5.41) is 0. The van der Waals surface area contributed by atoms with Gasteiger partial charge in [-0.3, -0.25) is 4.90 Å². The van der Waals surface area contributed by atoms with Crippen molar-refractivity contribution in [1.82, 2.24) is 4.90 Å². The largest absolute Gasteiger partial charge is 0.444 e. The molecular formula is C13H23NO3. The molecule has 0 aromatic carbocycles. The van der Waals surface area contributed by atoms with E-state index < -0.39 is 5.60 Å². The maximum absolute atomic E-state index is 12.1. The molecule has 1 rings (SSSR count). The minimum absolute atomic E-state index is 0.313. The smallest absolute Gasteiger partial charge is 0.411 e. The van der Waals surface area contributed by atoms with Crippen LogP contribution in [0.1, 0.15) is 53.9 Å². The van der Waals surface area contributed by atoms with Crippen molar-refractivity contribution in [2.45, 2.75) is 71.1 Å². The van der Waals surface area contributed by atoms with Crippen LogP contribution in [0.15, 0.2) is 0 Å². The Morgan fingerprint density at radius 2 is 2.00 bits per heavy atom. The molecule has 0 saturated carbocycles. The van der Waals surface area contributed by atoms with Gasteiger partial charge >= 0.3 is 6.09 Å². The molecule has 0 N–H and O–H groups in total. The summed E-state index contributed by atoms with van der Waals surface area (Å²) in [7, 11) is 0. The van der Waals surface area contributed by atoms with E-state index in [1.165, 1.54) is 0 Å². The van der Waals surface area contributed by atoms with Crippen LogP contribution < -0.4 is 0 Å². The predicted molar refractivity (Wildman–Crippen MR) is 65.9 cm³/mol. The molecule has 4 heteroatoms. The zero-order chi connectivity index (χ0) is 13.3. The Balaban J connectivity index is 2.88. The summed E-state index contributed by atoms with van der Waals surface area (Å²) < 4.78 is 5.37. The molecular weight excluding hydrogens is 218 g/mol. The number of nitrogens with zero attached hydrogens (tertiary/aromatic N) is 1. The highest BCUT2D eigenvalue weighted by Gasteiger charge is 2.41. The molecule has 98 valence electrons. The van der Waals surface area contributed by atoms with Crippen LogP contribution in [0, 0.1) is 0 Å². The Bertz CT molecular complexity index is 304. The Labute approximate surface area is 103 Å². The summed E-state index contributed by atoms with van der Waals surface area (Å²) in [6, 6.07) is -0.353. The molecule has 0 bridgehead atoms. The summed E-state index contributed by atoms with van der Waals surface area (Å²) in [6.07, 6.45) is 3.06. The molecule has 1 aliphatic heterocycles. The average Bonchev–Trinajstić information content (AvgIpc) is 2.12. The maximum Gasteiger partial charge on any atom is 0.411 e. The van der Waals surface area contributed by atoms with Crippen LogP contribution in [0.2, 0.25) is 0 Å². The van der Waals surface area contributed by atoms with Crippen molar-refractivity contribution in [3.8, 4) is 0 Å². The van der Waals surface area contributed by atoms with E-state index in [-0.39, 0.29) is 17.7 Å². The molecule has 0 unspecified atom stereocenters. The summed E-state index contributed by atoms with van der Waals surface area (Å²) in [4.78, 5) is 24.8. The van der Waals surface area contributed by atoms with E-state index in [2.05, 4.69) is 0 Å². The van der Waals surface area contributed by atoms with Gasteiger partial charge in [-0.1, -0.05) is 0 Å². The van der Waals surface area contributed by atoms with Gasteiger partial charge in [0.05, 0.1) is 6.04 Å². The highest BCUT2D eigenvalue weighted by molar-refractivity contribution is 5.75. The zero-order valence-corrected chi connectivity index (χ0v) is 11.4. The van der Waals surface area contributed by atoms with Crippen LogP contribution >= 0.6 is 0 Å². The van der Waals surface area contributed by atoms with Gasteiger partial charge in [0.1, 0.15) is 11.9 Å². The quantitative estimate of drug-likeness (QED) is 0.663. The fraction of sp³-hybridized carbons (Fsp3) is 0.846. The van der Waals surface area contributed by atoms with E-state index in [1.807, 2.05) is 34.6 Å². The molecule has 1 aliphatic rings. The van der Waals surface area contributed by atoms with Crippen LogP contribution in [0.4, 0.5) is 4.79 Å². The van der Waals surface area contributed by atoms with Crippen molar-refractivity contribution >= 4 is 12.4 Å². The van der Waals surface area contributed by atoms with Crippen LogP contribution in [0.25, 0.3) is 0 Å². The van der Waals surface area contributed by atoms with Gasteiger partial charge in [-0.15, -0.1) is 0 Å². The van der Waals surface area contributed by atoms with E-state index in [1.54, 1.807) is 4.90 Å².